The molecule has 16 nitrogen and oxygen atoms in total. The lowest BCUT2D eigenvalue weighted by atomic mass is 9.93. The van der Waals surface area contributed by atoms with Crippen LogP contribution in [-0.2, 0) is 82.2 Å². The van der Waals surface area contributed by atoms with Gasteiger partial charge in [0.05, 0.1) is 41.1 Å². The van der Waals surface area contributed by atoms with Crippen LogP contribution >= 0.6 is 19.4 Å². The van der Waals surface area contributed by atoms with E-state index in [4.69, 9.17) is 16.1 Å². The average molecular weight is 1120 g/mol. The van der Waals surface area contributed by atoms with Crippen LogP contribution in [0.15, 0.2) is 42.5 Å². The number of fused-ring (bicyclic) bond motifs is 4. The molecule has 4 atom stereocenters. The fourth-order valence-corrected chi connectivity index (χ4v) is 9.90. The highest BCUT2D eigenvalue weighted by Crippen LogP contribution is 2.68. The van der Waals surface area contributed by atoms with E-state index < -0.39 is 155 Å². The molecule has 0 bridgehead atoms. The first kappa shape index (κ1) is 55.8. The Kier molecular flexibility index (Phi) is 15.5. The molecule has 3 aromatic heterocycles. The standard InChI is InChI=1S/C43H41ClF10N7O9PS2/c1-40(2,73(5,66)67)11-10-25-6-7-26(27-8-9-30(44)35-32(57-61(37(27)35)21-41(47,48)49)19-59(72(64)65)12-13-70-71(63,68-3)69-4)36(55-25)31(16-22-14-23(45)17-24(46)15-22)56-33(62)20-60-39-34(38(58-60)43(52,53)54)28-18-29(28)42(39,50)51/h6-9,14-15,17,28-29,31H,12-13,16,18-21H2,1-5H3,(H,56,62)(H,64,65)/t28-,29+,31?/m0/s1. The highest BCUT2D eigenvalue weighted by atomic mass is 35.5. The SMILES string of the molecule is COP(=O)(OC)OCCN(Cc1nn(CC(F)(F)F)c2c(-c3ccc(C#CC(C)(C)S(C)(=O)=O)nc3C(Cc3cc(F)cc(F)c3)NC(=O)Cn3nc(C(F)(F)F)c4c3C(F)(F)[C@@H]3C[C@H]43)ccc(Cl)c12)S(=O)O. The Morgan fingerprint density at radius 3 is 2.27 bits per heavy atom. The third-order valence-corrected chi connectivity index (χ3v) is 16.4. The number of hydrogen-bond acceptors (Lipinski definition) is 11. The fraction of sp³-hybridized carbons (Fsp3) is 0.442. The minimum Gasteiger partial charge on any atom is -0.346 e. The number of halogens is 11. The van der Waals surface area contributed by atoms with E-state index in [2.05, 4.69) is 41.4 Å². The Bertz CT molecular complexity index is 3220. The number of amides is 1. The van der Waals surface area contributed by atoms with Gasteiger partial charge in [-0.05, 0) is 74.4 Å². The van der Waals surface area contributed by atoms with Crippen LogP contribution in [0.1, 0.15) is 71.8 Å². The third-order valence-electron chi connectivity index (χ3n) is 12.0. The maximum atomic E-state index is 15.6. The maximum Gasteiger partial charge on any atom is 0.474 e. The van der Waals surface area contributed by atoms with E-state index in [0.29, 0.717) is 10.7 Å². The molecular weight excluding hydrogens is 1080 g/mol. The molecule has 3 heterocycles. The predicted octanol–water partition coefficient (Wildman–Crippen LogP) is 8.65. The summed E-state index contributed by atoms with van der Waals surface area (Å²) < 4.78 is 221. The molecule has 0 radical (unpaired) electrons. The quantitative estimate of drug-likeness (QED) is 0.0367. The summed E-state index contributed by atoms with van der Waals surface area (Å²) in [5, 5.41) is 9.47. The summed E-state index contributed by atoms with van der Waals surface area (Å²) >= 11 is 3.77. The van der Waals surface area contributed by atoms with E-state index in [-0.39, 0.29) is 49.6 Å². The van der Waals surface area contributed by atoms with Crippen LogP contribution < -0.4 is 5.32 Å². The minimum atomic E-state index is -5.21. The number of aromatic nitrogens is 5. The number of benzene rings is 2. The number of rotatable bonds is 18. The molecule has 0 aliphatic heterocycles. The zero-order valence-electron chi connectivity index (χ0n) is 38.5. The maximum absolute atomic E-state index is 15.6. The number of phosphoric acid groups is 1. The van der Waals surface area contributed by atoms with E-state index in [1.807, 2.05) is 0 Å². The van der Waals surface area contributed by atoms with Crippen LogP contribution in [0.5, 0.6) is 0 Å². The summed E-state index contributed by atoms with van der Waals surface area (Å²) in [6.45, 7) is -2.44. The molecular formula is C43H41ClF10N7O9PS2. The summed E-state index contributed by atoms with van der Waals surface area (Å²) in [5.41, 5.74) is -5.57. The molecule has 7 rings (SSSR count). The summed E-state index contributed by atoms with van der Waals surface area (Å²) in [7, 11) is -6.01. The molecule has 5 aromatic rings. The highest BCUT2D eigenvalue weighted by molar-refractivity contribution is 7.92. The van der Waals surface area contributed by atoms with Gasteiger partial charge in [-0.3, -0.25) is 32.3 Å². The highest BCUT2D eigenvalue weighted by Gasteiger charge is 2.68. The zero-order valence-corrected chi connectivity index (χ0v) is 41.8. The molecule has 30 heteroatoms. The second-order valence-electron chi connectivity index (χ2n) is 17.4. The topological polar surface area (TPSA) is 197 Å². The molecule has 1 saturated carbocycles. The van der Waals surface area contributed by atoms with E-state index >= 15 is 8.78 Å². The van der Waals surface area contributed by atoms with E-state index in [0.717, 1.165) is 36.9 Å². The molecule has 2 aromatic carbocycles. The second-order valence-corrected chi connectivity index (χ2v) is 23.2. The summed E-state index contributed by atoms with van der Waals surface area (Å²) in [4.78, 5) is 18.7. The molecule has 1 fully saturated rings. The number of pyridine rings is 1. The van der Waals surface area contributed by atoms with Crippen molar-refractivity contribution in [3.05, 3.63) is 98.7 Å². The lowest BCUT2D eigenvalue weighted by Crippen LogP contribution is -2.35. The Balaban J connectivity index is 1.42. The molecule has 0 spiro atoms. The van der Waals surface area contributed by atoms with E-state index in [1.165, 1.54) is 38.1 Å². The van der Waals surface area contributed by atoms with Gasteiger partial charge in [-0.15, -0.1) is 0 Å². The number of nitrogens with one attached hydrogen (secondary N) is 1. The average Bonchev–Trinajstić information content (AvgIpc) is 3.79. The van der Waals surface area contributed by atoms with Gasteiger partial charge in [0.2, 0.25) is 17.2 Å². The van der Waals surface area contributed by atoms with Gasteiger partial charge >= 0.3 is 20.2 Å². The summed E-state index contributed by atoms with van der Waals surface area (Å²) in [6, 6.07) is 5.25. The van der Waals surface area contributed by atoms with Gasteiger partial charge < -0.3 is 5.32 Å². The number of hydrogen-bond donors (Lipinski definition) is 2. The second kappa shape index (κ2) is 20.3. The lowest BCUT2D eigenvalue weighted by Gasteiger charge is -2.23. The summed E-state index contributed by atoms with van der Waals surface area (Å²) in [6.07, 6.45) is -10.3. The fourth-order valence-electron chi connectivity index (χ4n) is 8.28. The van der Waals surface area contributed by atoms with Crippen molar-refractivity contribution in [1.29, 1.82) is 0 Å². The van der Waals surface area contributed by atoms with Crippen molar-refractivity contribution >= 4 is 57.3 Å². The smallest absolute Gasteiger partial charge is 0.346 e. The van der Waals surface area contributed by atoms with E-state index in [9.17, 15) is 61.7 Å². The molecule has 0 saturated heterocycles. The molecule has 2 N–H and O–H groups in total. The van der Waals surface area contributed by atoms with Crippen LogP contribution in [0, 0.1) is 29.4 Å². The predicted molar refractivity (Wildman–Crippen MR) is 242 cm³/mol. The van der Waals surface area contributed by atoms with Gasteiger partial charge in [0, 0.05) is 61.1 Å². The normalized spacial score (nSPS) is 17.6. The Morgan fingerprint density at radius 2 is 1.68 bits per heavy atom. The number of alkyl halides is 8. The van der Waals surface area contributed by atoms with Crippen LogP contribution in [0.3, 0.4) is 0 Å². The van der Waals surface area contributed by atoms with Crippen molar-refractivity contribution < 1.29 is 84.0 Å². The van der Waals surface area contributed by atoms with Gasteiger partial charge in [-0.25, -0.2) is 31.0 Å². The number of phosphoric ester groups is 1. The number of carbonyl (C=O) groups is 1. The van der Waals surface area contributed by atoms with Crippen molar-refractivity contribution in [3.8, 4) is 23.0 Å². The van der Waals surface area contributed by atoms with Gasteiger partial charge in [0.15, 0.2) is 15.5 Å². The molecule has 2 aliphatic carbocycles. The van der Waals surface area contributed by atoms with Crippen LogP contribution in [0.25, 0.3) is 22.0 Å². The van der Waals surface area contributed by atoms with Crippen LogP contribution in [0.4, 0.5) is 43.9 Å². The first-order chi connectivity index (χ1) is 33.8. The van der Waals surface area contributed by atoms with Gasteiger partial charge in [0.1, 0.15) is 40.9 Å². The van der Waals surface area contributed by atoms with E-state index in [1.54, 1.807) is 0 Å². The van der Waals surface area contributed by atoms with Crippen molar-refractivity contribution in [2.24, 2.45) is 5.92 Å². The number of sulfone groups is 1. The van der Waals surface area contributed by atoms with Crippen LogP contribution in [-0.4, -0.2) is 96.5 Å². The Labute approximate surface area is 416 Å². The molecule has 2 aliphatic rings. The lowest BCUT2D eigenvalue weighted by molar-refractivity contribution is -0.143. The number of carbonyl (C=O) groups excluding carboxylic acids is 1. The van der Waals surface area contributed by atoms with Crippen molar-refractivity contribution in [2.45, 2.75) is 81.3 Å². The minimum absolute atomic E-state index is 0.205. The van der Waals surface area contributed by atoms with Crippen LogP contribution in [0.2, 0.25) is 5.02 Å². The van der Waals surface area contributed by atoms with Crippen molar-refractivity contribution in [1.82, 2.24) is 34.2 Å². The van der Waals surface area contributed by atoms with Gasteiger partial charge in [-0.2, -0.15) is 49.6 Å². The Hall–Kier alpha value is -4.98. The molecule has 1 amide bonds. The van der Waals surface area contributed by atoms with Crippen molar-refractivity contribution in [3.63, 3.8) is 0 Å². The monoisotopic (exact) mass is 1120 g/mol. The molecule has 2 unspecified atom stereocenters. The molecule has 73 heavy (non-hydrogen) atoms. The molecule has 396 valence electrons. The summed E-state index contributed by atoms with van der Waals surface area (Å²) in [5.74, 6) is -4.88. The van der Waals surface area contributed by atoms with Crippen molar-refractivity contribution in [2.75, 3.05) is 33.6 Å². The van der Waals surface area contributed by atoms with Gasteiger partial charge in [-0.1, -0.05) is 23.6 Å². The van der Waals surface area contributed by atoms with Gasteiger partial charge in [0.25, 0.3) is 5.92 Å². The largest absolute Gasteiger partial charge is 0.474 e. The number of nitrogens with zero attached hydrogens (tertiary/aromatic N) is 6. The third kappa shape index (κ3) is 11.9. The zero-order chi connectivity index (χ0) is 54.0. The Morgan fingerprint density at radius 1 is 1.04 bits per heavy atom. The first-order valence-corrected chi connectivity index (χ1v) is 26.1. The first-order valence-electron chi connectivity index (χ1n) is 21.3.